The van der Waals surface area contributed by atoms with Crippen LogP contribution >= 0.6 is 0 Å². The number of nitrogens with zero attached hydrogens (tertiary/aromatic N) is 1. The number of H-pyrrole nitrogens is 1. The number of unbranched alkanes of at least 4 members (excludes halogenated alkanes) is 3. The lowest BCUT2D eigenvalue weighted by Gasteiger charge is -2.00. The summed E-state index contributed by atoms with van der Waals surface area (Å²) in [6.07, 6.45) is 5.58. The van der Waals surface area contributed by atoms with Crippen LogP contribution in [0.4, 0.5) is 0 Å². The van der Waals surface area contributed by atoms with Crippen LogP contribution in [0.3, 0.4) is 0 Å². The monoisotopic (exact) mass is 336 g/mol. The summed E-state index contributed by atoms with van der Waals surface area (Å²) in [6.45, 7) is 0. The van der Waals surface area contributed by atoms with E-state index in [1.54, 1.807) is 0 Å². The Labute approximate surface area is 148 Å². The Morgan fingerprint density at radius 1 is 1.00 bits per heavy atom. The average molecular weight is 336 g/mol. The van der Waals surface area contributed by atoms with Crippen LogP contribution in [0.5, 0.6) is 0 Å². The lowest BCUT2D eigenvalue weighted by molar-refractivity contribution is -0.140. The number of nitrogens with one attached hydrogen (secondary N) is 1. The van der Waals surface area contributed by atoms with Crippen molar-refractivity contribution >= 4 is 17.0 Å². The maximum atomic E-state index is 11.1. The fourth-order valence-corrected chi connectivity index (χ4v) is 3.01. The van der Waals surface area contributed by atoms with E-state index < -0.39 is 0 Å². The molecule has 0 amide bonds. The molecule has 0 unspecified atom stereocenters. The van der Waals surface area contributed by atoms with Crippen LogP contribution < -0.4 is 0 Å². The summed E-state index contributed by atoms with van der Waals surface area (Å²) in [6, 6.07) is 16.7. The van der Waals surface area contributed by atoms with E-state index in [0.717, 1.165) is 49.0 Å². The molecule has 1 heterocycles. The number of hydrogen-bond acceptors (Lipinski definition) is 3. The first-order valence-electron chi connectivity index (χ1n) is 8.87. The van der Waals surface area contributed by atoms with Gasteiger partial charge in [0.05, 0.1) is 18.1 Å². The zero-order chi connectivity index (χ0) is 17.5. The van der Waals surface area contributed by atoms with Gasteiger partial charge < -0.3 is 9.72 Å². The quantitative estimate of drug-likeness (QED) is 0.470. The number of ether oxygens (including phenoxy) is 1. The minimum atomic E-state index is -0.119. The fourth-order valence-electron chi connectivity index (χ4n) is 3.01. The Morgan fingerprint density at radius 2 is 1.80 bits per heavy atom. The molecule has 0 atom stereocenters. The van der Waals surface area contributed by atoms with Crippen molar-refractivity contribution in [2.24, 2.45) is 0 Å². The van der Waals surface area contributed by atoms with Gasteiger partial charge in [-0.25, -0.2) is 4.98 Å². The van der Waals surface area contributed by atoms with Crippen molar-refractivity contribution in [3.63, 3.8) is 0 Å². The molecule has 0 aliphatic rings. The second kappa shape index (κ2) is 8.47. The first kappa shape index (κ1) is 17.2. The van der Waals surface area contributed by atoms with Crippen molar-refractivity contribution in [1.82, 2.24) is 9.97 Å². The van der Waals surface area contributed by atoms with Crippen LogP contribution in [0.2, 0.25) is 0 Å². The molecule has 0 aliphatic carbocycles. The number of carbonyl (C=O) groups excluding carboxylic acids is 1. The van der Waals surface area contributed by atoms with E-state index in [1.807, 2.05) is 6.07 Å². The Morgan fingerprint density at radius 3 is 2.60 bits per heavy atom. The van der Waals surface area contributed by atoms with Gasteiger partial charge in [-0.15, -0.1) is 0 Å². The number of benzene rings is 2. The molecule has 0 fully saturated rings. The SMILES string of the molecule is COC(=O)CCCCCCc1nc2ccc(-c3ccccc3)cc2[nH]1. The first-order valence-corrected chi connectivity index (χ1v) is 8.87. The fraction of sp³-hybridized carbons (Fsp3) is 0.333. The van der Waals surface area contributed by atoms with Gasteiger partial charge in [0.2, 0.25) is 0 Å². The van der Waals surface area contributed by atoms with Gasteiger partial charge in [0.15, 0.2) is 0 Å². The third-order valence-corrected chi connectivity index (χ3v) is 4.41. The molecule has 0 saturated carbocycles. The summed E-state index contributed by atoms with van der Waals surface area (Å²) >= 11 is 0. The highest BCUT2D eigenvalue weighted by molar-refractivity contribution is 5.81. The molecule has 3 rings (SSSR count). The topological polar surface area (TPSA) is 55.0 Å². The van der Waals surface area contributed by atoms with Crippen LogP contribution in [0.1, 0.15) is 37.9 Å². The zero-order valence-electron chi connectivity index (χ0n) is 14.6. The Hall–Kier alpha value is -2.62. The Kier molecular flexibility index (Phi) is 5.83. The molecule has 0 saturated heterocycles. The number of methoxy groups -OCH3 is 1. The molecule has 4 heteroatoms. The largest absolute Gasteiger partial charge is 0.469 e. The molecule has 0 spiro atoms. The molecule has 0 radical (unpaired) electrons. The smallest absolute Gasteiger partial charge is 0.305 e. The van der Waals surface area contributed by atoms with Crippen molar-refractivity contribution < 1.29 is 9.53 Å². The molecule has 0 bridgehead atoms. The Balaban J connectivity index is 1.54. The van der Waals surface area contributed by atoms with Gasteiger partial charge in [0, 0.05) is 12.8 Å². The minimum Gasteiger partial charge on any atom is -0.469 e. The summed E-state index contributed by atoms with van der Waals surface area (Å²) < 4.78 is 4.65. The number of rotatable bonds is 8. The van der Waals surface area contributed by atoms with Crippen molar-refractivity contribution in [3.05, 3.63) is 54.4 Å². The molecule has 2 aromatic carbocycles. The molecule has 4 nitrogen and oxygen atoms in total. The first-order chi connectivity index (χ1) is 12.3. The molecular weight excluding hydrogens is 312 g/mol. The van der Waals surface area contributed by atoms with E-state index in [1.165, 1.54) is 18.2 Å². The maximum Gasteiger partial charge on any atom is 0.305 e. The highest BCUT2D eigenvalue weighted by Crippen LogP contribution is 2.23. The number of esters is 1. The summed E-state index contributed by atoms with van der Waals surface area (Å²) in [5.41, 5.74) is 4.51. The normalized spacial score (nSPS) is 10.9. The van der Waals surface area contributed by atoms with Crippen LogP contribution in [0, 0.1) is 0 Å². The van der Waals surface area contributed by atoms with Crippen LogP contribution in [-0.4, -0.2) is 23.0 Å². The van der Waals surface area contributed by atoms with E-state index in [0.29, 0.717) is 6.42 Å². The summed E-state index contributed by atoms with van der Waals surface area (Å²) in [5, 5.41) is 0. The van der Waals surface area contributed by atoms with Crippen LogP contribution in [0.15, 0.2) is 48.5 Å². The third kappa shape index (κ3) is 4.69. The average Bonchev–Trinajstić information content (AvgIpc) is 3.06. The third-order valence-electron chi connectivity index (χ3n) is 4.41. The highest BCUT2D eigenvalue weighted by atomic mass is 16.5. The van der Waals surface area contributed by atoms with E-state index in [9.17, 15) is 4.79 Å². The summed E-state index contributed by atoms with van der Waals surface area (Å²) in [7, 11) is 1.44. The number of aromatic nitrogens is 2. The van der Waals surface area contributed by atoms with Crippen molar-refractivity contribution in [1.29, 1.82) is 0 Å². The predicted molar refractivity (Wildman–Crippen MR) is 100 cm³/mol. The van der Waals surface area contributed by atoms with Crippen LogP contribution in [-0.2, 0) is 16.0 Å². The van der Waals surface area contributed by atoms with E-state index in [-0.39, 0.29) is 5.97 Å². The predicted octanol–water partition coefficient (Wildman–Crippen LogP) is 4.90. The van der Waals surface area contributed by atoms with Gasteiger partial charge >= 0.3 is 5.97 Å². The number of imidazole rings is 1. The van der Waals surface area contributed by atoms with Gasteiger partial charge in [0.1, 0.15) is 5.82 Å². The molecular formula is C21H24N2O2. The lowest BCUT2D eigenvalue weighted by atomic mass is 10.1. The van der Waals surface area contributed by atoms with E-state index in [4.69, 9.17) is 0 Å². The highest BCUT2D eigenvalue weighted by Gasteiger charge is 2.05. The molecule has 1 aromatic heterocycles. The summed E-state index contributed by atoms with van der Waals surface area (Å²) in [5.74, 6) is 0.916. The van der Waals surface area contributed by atoms with E-state index >= 15 is 0 Å². The molecule has 1 N–H and O–H groups in total. The lowest BCUT2D eigenvalue weighted by Crippen LogP contribution is -1.99. The van der Waals surface area contributed by atoms with E-state index in [2.05, 4.69) is 57.2 Å². The number of carbonyl (C=O) groups is 1. The molecule has 0 aliphatic heterocycles. The number of fused-ring (bicyclic) bond motifs is 1. The van der Waals surface area contributed by atoms with Crippen LogP contribution in [0.25, 0.3) is 22.2 Å². The second-order valence-corrected chi connectivity index (χ2v) is 6.27. The van der Waals surface area contributed by atoms with Gasteiger partial charge in [0.25, 0.3) is 0 Å². The number of aryl methyl sites for hydroxylation is 1. The second-order valence-electron chi connectivity index (χ2n) is 6.27. The van der Waals surface area contributed by atoms with Gasteiger partial charge in [-0.2, -0.15) is 0 Å². The Bertz CT molecular complexity index is 824. The zero-order valence-corrected chi connectivity index (χ0v) is 14.6. The van der Waals surface area contributed by atoms with Crippen molar-refractivity contribution in [3.8, 4) is 11.1 Å². The number of hydrogen-bond donors (Lipinski definition) is 1. The molecule has 130 valence electrons. The van der Waals surface area contributed by atoms with Gasteiger partial charge in [-0.1, -0.05) is 49.2 Å². The summed E-state index contributed by atoms with van der Waals surface area (Å²) in [4.78, 5) is 19.2. The maximum absolute atomic E-state index is 11.1. The van der Waals surface area contributed by atoms with Crippen molar-refractivity contribution in [2.45, 2.75) is 38.5 Å². The molecule has 25 heavy (non-hydrogen) atoms. The molecule has 3 aromatic rings. The number of aromatic amines is 1. The van der Waals surface area contributed by atoms with Gasteiger partial charge in [-0.05, 0) is 36.1 Å². The van der Waals surface area contributed by atoms with Crippen molar-refractivity contribution in [2.75, 3.05) is 7.11 Å². The standard InChI is InChI=1S/C21H24N2O2/c1-25-21(24)12-8-3-2-7-11-20-22-18-14-13-17(15-19(18)23-20)16-9-5-4-6-10-16/h4-6,9-10,13-15H,2-3,7-8,11-12H2,1H3,(H,22,23). The van der Waals surface area contributed by atoms with Gasteiger partial charge in [-0.3, -0.25) is 4.79 Å². The minimum absolute atomic E-state index is 0.119.